The van der Waals surface area contributed by atoms with Gasteiger partial charge in [0.2, 0.25) is 0 Å². The van der Waals surface area contributed by atoms with Crippen LogP contribution in [0.2, 0.25) is 0 Å². The first-order valence-electron chi connectivity index (χ1n) is 7.84. The summed E-state index contributed by atoms with van der Waals surface area (Å²) in [5.74, 6) is 0.974. The Kier molecular flexibility index (Phi) is 3.48. The topological polar surface area (TPSA) is 21.3 Å². The zero-order chi connectivity index (χ0) is 14.2. The number of thiophene rings is 1. The normalized spacial score (nSPS) is 23.7. The van der Waals surface area contributed by atoms with Crippen LogP contribution >= 0.6 is 11.3 Å². The molecule has 0 fully saturated rings. The van der Waals surface area contributed by atoms with Crippen molar-refractivity contribution in [1.82, 2.24) is 5.32 Å². The lowest BCUT2D eigenvalue weighted by Gasteiger charge is -2.27. The Bertz CT molecular complexity index is 648. The van der Waals surface area contributed by atoms with Crippen molar-refractivity contribution in [1.29, 1.82) is 0 Å². The Hall–Kier alpha value is -1.32. The highest BCUT2D eigenvalue weighted by atomic mass is 32.1. The van der Waals surface area contributed by atoms with Gasteiger partial charge in [0.1, 0.15) is 5.75 Å². The van der Waals surface area contributed by atoms with Crippen molar-refractivity contribution in [3.8, 4) is 5.75 Å². The average Bonchev–Trinajstić information content (AvgIpc) is 3.14. The SMILES string of the molecule is COc1ccc2c(c1)C(NC1CCCc3sccc31)CC2. The molecule has 21 heavy (non-hydrogen) atoms. The summed E-state index contributed by atoms with van der Waals surface area (Å²) in [5.41, 5.74) is 4.47. The van der Waals surface area contributed by atoms with E-state index in [0.29, 0.717) is 12.1 Å². The number of nitrogens with one attached hydrogen (secondary N) is 1. The molecular weight excluding hydrogens is 278 g/mol. The monoisotopic (exact) mass is 299 g/mol. The quantitative estimate of drug-likeness (QED) is 0.906. The molecule has 2 aliphatic rings. The zero-order valence-electron chi connectivity index (χ0n) is 12.4. The summed E-state index contributed by atoms with van der Waals surface area (Å²) in [6.45, 7) is 0. The highest BCUT2D eigenvalue weighted by Crippen LogP contribution is 2.39. The largest absolute Gasteiger partial charge is 0.497 e. The van der Waals surface area contributed by atoms with Crippen molar-refractivity contribution in [2.75, 3.05) is 7.11 Å². The summed E-state index contributed by atoms with van der Waals surface area (Å²) in [5, 5.41) is 6.17. The maximum absolute atomic E-state index is 5.40. The van der Waals surface area contributed by atoms with Crippen molar-refractivity contribution in [3.63, 3.8) is 0 Å². The second-order valence-electron chi connectivity index (χ2n) is 6.07. The molecule has 2 aromatic rings. The van der Waals surface area contributed by atoms with Gasteiger partial charge in [0.25, 0.3) is 0 Å². The van der Waals surface area contributed by atoms with Gasteiger partial charge in [-0.15, -0.1) is 11.3 Å². The average molecular weight is 299 g/mol. The molecule has 1 heterocycles. The predicted octanol–water partition coefficient (Wildman–Crippen LogP) is 4.41. The van der Waals surface area contributed by atoms with Crippen LogP contribution in [-0.2, 0) is 12.8 Å². The Balaban J connectivity index is 1.58. The minimum atomic E-state index is 0.478. The van der Waals surface area contributed by atoms with Crippen LogP contribution in [0.5, 0.6) is 5.75 Å². The molecule has 3 heteroatoms. The van der Waals surface area contributed by atoms with E-state index in [2.05, 4.69) is 35.0 Å². The lowest BCUT2D eigenvalue weighted by molar-refractivity contribution is 0.396. The standard InChI is InChI=1S/C18H21NOS/c1-20-13-7-5-12-6-8-17(15(12)11-13)19-16-3-2-4-18-14(16)9-10-21-18/h5,7,9-11,16-17,19H,2-4,6,8H2,1H3. The van der Waals surface area contributed by atoms with Gasteiger partial charge in [0, 0.05) is 17.0 Å². The second kappa shape index (κ2) is 5.47. The highest BCUT2D eigenvalue weighted by Gasteiger charge is 2.28. The number of fused-ring (bicyclic) bond motifs is 2. The lowest BCUT2D eigenvalue weighted by atomic mass is 9.93. The molecule has 2 unspecified atom stereocenters. The molecule has 1 N–H and O–H groups in total. The highest BCUT2D eigenvalue weighted by molar-refractivity contribution is 7.10. The fourth-order valence-electron chi connectivity index (χ4n) is 3.78. The van der Waals surface area contributed by atoms with E-state index in [1.807, 2.05) is 11.3 Å². The molecule has 4 rings (SSSR count). The van der Waals surface area contributed by atoms with Gasteiger partial charge in [0.05, 0.1) is 7.11 Å². The summed E-state index contributed by atoms with van der Waals surface area (Å²) in [4.78, 5) is 1.59. The first kappa shape index (κ1) is 13.4. The van der Waals surface area contributed by atoms with Crippen LogP contribution in [-0.4, -0.2) is 7.11 Å². The van der Waals surface area contributed by atoms with Gasteiger partial charge >= 0.3 is 0 Å². The van der Waals surface area contributed by atoms with Crippen molar-refractivity contribution >= 4 is 11.3 Å². The van der Waals surface area contributed by atoms with E-state index < -0.39 is 0 Å². The molecule has 1 aromatic carbocycles. The maximum Gasteiger partial charge on any atom is 0.119 e. The second-order valence-corrected chi connectivity index (χ2v) is 7.07. The number of hydrogen-bond donors (Lipinski definition) is 1. The number of rotatable bonds is 3. The van der Waals surface area contributed by atoms with Gasteiger partial charge in [-0.05, 0) is 72.4 Å². The van der Waals surface area contributed by atoms with E-state index in [1.54, 1.807) is 17.6 Å². The summed E-state index contributed by atoms with van der Waals surface area (Å²) >= 11 is 1.92. The van der Waals surface area contributed by atoms with E-state index in [4.69, 9.17) is 4.74 Å². The molecule has 1 aromatic heterocycles. The van der Waals surface area contributed by atoms with E-state index in [-0.39, 0.29) is 0 Å². The Morgan fingerprint density at radius 1 is 1.10 bits per heavy atom. The maximum atomic E-state index is 5.40. The first-order chi connectivity index (χ1) is 10.3. The minimum Gasteiger partial charge on any atom is -0.497 e. The smallest absolute Gasteiger partial charge is 0.119 e. The van der Waals surface area contributed by atoms with Crippen LogP contribution in [0.25, 0.3) is 0 Å². The van der Waals surface area contributed by atoms with Gasteiger partial charge in [-0.2, -0.15) is 0 Å². The molecule has 0 spiro atoms. The van der Waals surface area contributed by atoms with Crippen molar-refractivity contribution in [2.45, 2.75) is 44.2 Å². The number of hydrogen-bond acceptors (Lipinski definition) is 3. The summed E-state index contributed by atoms with van der Waals surface area (Å²) in [6.07, 6.45) is 6.22. The van der Waals surface area contributed by atoms with Crippen LogP contribution in [0.3, 0.4) is 0 Å². The summed E-state index contributed by atoms with van der Waals surface area (Å²) < 4.78 is 5.40. The molecule has 0 bridgehead atoms. The van der Waals surface area contributed by atoms with E-state index in [0.717, 1.165) is 5.75 Å². The van der Waals surface area contributed by atoms with Crippen LogP contribution in [0.1, 0.15) is 52.9 Å². The Morgan fingerprint density at radius 2 is 2.00 bits per heavy atom. The van der Waals surface area contributed by atoms with Crippen LogP contribution in [0.4, 0.5) is 0 Å². The Morgan fingerprint density at radius 3 is 2.90 bits per heavy atom. The number of benzene rings is 1. The number of aryl methyl sites for hydroxylation is 2. The predicted molar refractivity (Wildman–Crippen MR) is 87.2 cm³/mol. The molecule has 0 radical (unpaired) electrons. The molecule has 0 aliphatic heterocycles. The van der Waals surface area contributed by atoms with Gasteiger partial charge in [-0.1, -0.05) is 6.07 Å². The van der Waals surface area contributed by atoms with Crippen molar-refractivity contribution in [2.24, 2.45) is 0 Å². The zero-order valence-corrected chi connectivity index (χ0v) is 13.2. The van der Waals surface area contributed by atoms with Gasteiger partial charge in [-0.25, -0.2) is 0 Å². The molecule has 2 aliphatic carbocycles. The number of methoxy groups -OCH3 is 1. The van der Waals surface area contributed by atoms with E-state index in [1.165, 1.54) is 43.2 Å². The molecule has 2 nitrogen and oxygen atoms in total. The van der Waals surface area contributed by atoms with E-state index in [9.17, 15) is 0 Å². The molecule has 0 amide bonds. The molecule has 0 saturated heterocycles. The molecular formula is C18H21NOS. The number of ether oxygens (including phenoxy) is 1. The van der Waals surface area contributed by atoms with Crippen LogP contribution in [0, 0.1) is 0 Å². The molecule has 110 valence electrons. The van der Waals surface area contributed by atoms with Crippen LogP contribution < -0.4 is 10.1 Å². The third-order valence-corrected chi connectivity index (χ3v) is 5.88. The third kappa shape index (κ3) is 2.39. The summed E-state index contributed by atoms with van der Waals surface area (Å²) in [7, 11) is 1.75. The van der Waals surface area contributed by atoms with Gasteiger partial charge < -0.3 is 10.1 Å². The third-order valence-electron chi connectivity index (χ3n) is 4.89. The van der Waals surface area contributed by atoms with E-state index >= 15 is 0 Å². The fourth-order valence-corrected chi connectivity index (χ4v) is 4.77. The van der Waals surface area contributed by atoms with Crippen LogP contribution in [0.15, 0.2) is 29.6 Å². The molecule has 2 atom stereocenters. The van der Waals surface area contributed by atoms with Gasteiger partial charge in [0.15, 0.2) is 0 Å². The minimum absolute atomic E-state index is 0.478. The van der Waals surface area contributed by atoms with Crippen molar-refractivity contribution < 1.29 is 4.74 Å². The lowest BCUT2D eigenvalue weighted by Crippen LogP contribution is -2.27. The fraction of sp³-hybridized carbons (Fsp3) is 0.444. The van der Waals surface area contributed by atoms with Crippen molar-refractivity contribution in [3.05, 3.63) is 51.2 Å². The van der Waals surface area contributed by atoms with Gasteiger partial charge in [-0.3, -0.25) is 0 Å². The summed E-state index contributed by atoms with van der Waals surface area (Å²) in [6, 6.07) is 9.86. The first-order valence-corrected chi connectivity index (χ1v) is 8.72. The Labute approximate surface area is 130 Å². The molecule has 0 saturated carbocycles.